The Bertz CT molecular complexity index is 98.6. The van der Waals surface area contributed by atoms with Crippen molar-refractivity contribution in [1.29, 1.82) is 0 Å². The van der Waals surface area contributed by atoms with Gasteiger partial charge in [-0.05, 0) is 12.8 Å². The van der Waals surface area contributed by atoms with E-state index in [4.69, 9.17) is 0 Å². The normalized spacial score (nSPS) is 19.6. The van der Waals surface area contributed by atoms with Crippen LogP contribution in [0.3, 0.4) is 0 Å². The molecule has 0 aromatic heterocycles. The van der Waals surface area contributed by atoms with Crippen molar-refractivity contribution in [1.82, 2.24) is 0 Å². The van der Waals surface area contributed by atoms with Crippen molar-refractivity contribution in [3.63, 3.8) is 0 Å². The zero-order chi connectivity index (χ0) is 5.98. The van der Waals surface area contributed by atoms with Crippen LogP contribution in [0.25, 0.3) is 0 Å². The van der Waals surface area contributed by atoms with Gasteiger partial charge in [0, 0.05) is 12.9 Å². The third kappa shape index (κ3) is 0.968. The number of carbonyl (C=O) groups is 1. The summed E-state index contributed by atoms with van der Waals surface area (Å²) in [6.45, 7) is 0. The van der Waals surface area contributed by atoms with Gasteiger partial charge in [0.05, 0.1) is 5.92 Å². The number of hydrogen-bond acceptors (Lipinski definition) is 3. The molecule has 0 spiro atoms. The monoisotopic (exact) mass is 132 g/mol. The molecule has 0 aliphatic heterocycles. The number of thiol groups is 1. The minimum Gasteiger partial charge on any atom is -0.394 e. The SMILES string of the molecule is O=C(OS)C1CCC1. The molecule has 0 heterocycles. The topological polar surface area (TPSA) is 26.3 Å². The second-order valence-corrected chi connectivity index (χ2v) is 2.22. The van der Waals surface area contributed by atoms with Crippen molar-refractivity contribution < 1.29 is 8.98 Å². The van der Waals surface area contributed by atoms with Crippen LogP contribution in [-0.2, 0) is 8.98 Å². The van der Waals surface area contributed by atoms with Crippen LogP contribution in [0, 0.1) is 5.92 Å². The first-order valence-corrected chi connectivity index (χ1v) is 3.06. The molecule has 8 heavy (non-hydrogen) atoms. The van der Waals surface area contributed by atoms with E-state index in [2.05, 4.69) is 17.1 Å². The van der Waals surface area contributed by atoms with Crippen molar-refractivity contribution in [3.05, 3.63) is 0 Å². The molecule has 0 atom stereocenters. The lowest BCUT2D eigenvalue weighted by atomic mass is 9.86. The van der Waals surface area contributed by atoms with Crippen molar-refractivity contribution in [2.24, 2.45) is 5.92 Å². The van der Waals surface area contributed by atoms with Crippen LogP contribution >= 0.6 is 12.9 Å². The van der Waals surface area contributed by atoms with E-state index in [-0.39, 0.29) is 11.9 Å². The summed E-state index contributed by atoms with van der Waals surface area (Å²) in [5.74, 6) is -0.00733. The summed E-state index contributed by atoms with van der Waals surface area (Å²) in [6, 6.07) is 0. The minimum absolute atomic E-state index is 0.160. The molecule has 1 rings (SSSR count). The molecule has 0 aromatic carbocycles. The molecule has 0 aromatic rings. The highest BCUT2D eigenvalue weighted by molar-refractivity contribution is 7.75. The molecule has 0 saturated heterocycles. The van der Waals surface area contributed by atoms with Gasteiger partial charge in [-0.1, -0.05) is 6.42 Å². The molecule has 46 valence electrons. The standard InChI is InChI=1S/C5H8O2S/c6-5(7-8)4-2-1-3-4/h4,8H,1-3H2. The Labute approximate surface area is 53.8 Å². The molecule has 3 heteroatoms. The third-order valence-corrected chi connectivity index (χ3v) is 1.71. The maximum Gasteiger partial charge on any atom is 0.320 e. The van der Waals surface area contributed by atoms with Crippen LogP contribution in [-0.4, -0.2) is 5.97 Å². The summed E-state index contributed by atoms with van der Waals surface area (Å²) in [5, 5.41) is 0. The average Bonchev–Trinajstić information content (AvgIpc) is 1.62. The Morgan fingerprint density at radius 3 is 2.38 bits per heavy atom. The van der Waals surface area contributed by atoms with Crippen LogP contribution in [0.15, 0.2) is 0 Å². The molecule has 0 N–H and O–H groups in total. The van der Waals surface area contributed by atoms with Crippen LogP contribution < -0.4 is 0 Å². The van der Waals surface area contributed by atoms with Crippen LogP contribution in [0.1, 0.15) is 19.3 Å². The molecular weight excluding hydrogens is 124 g/mol. The van der Waals surface area contributed by atoms with Crippen LogP contribution in [0.4, 0.5) is 0 Å². The van der Waals surface area contributed by atoms with Gasteiger partial charge in [0.1, 0.15) is 0 Å². The molecule has 0 radical (unpaired) electrons. The molecule has 1 aliphatic rings. The van der Waals surface area contributed by atoms with Crippen molar-refractivity contribution >= 4 is 18.9 Å². The van der Waals surface area contributed by atoms with E-state index in [0.29, 0.717) is 0 Å². The van der Waals surface area contributed by atoms with E-state index in [1.165, 1.54) is 0 Å². The lowest BCUT2D eigenvalue weighted by molar-refractivity contribution is -0.139. The van der Waals surface area contributed by atoms with E-state index in [1.807, 2.05) is 0 Å². The predicted molar refractivity (Wildman–Crippen MR) is 32.4 cm³/mol. The van der Waals surface area contributed by atoms with Crippen molar-refractivity contribution in [2.45, 2.75) is 19.3 Å². The van der Waals surface area contributed by atoms with Gasteiger partial charge in [0.15, 0.2) is 0 Å². The zero-order valence-electron chi connectivity index (χ0n) is 4.46. The van der Waals surface area contributed by atoms with Gasteiger partial charge in [-0.2, -0.15) is 0 Å². The maximum atomic E-state index is 10.5. The van der Waals surface area contributed by atoms with E-state index < -0.39 is 0 Å². The van der Waals surface area contributed by atoms with Crippen molar-refractivity contribution in [3.8, 4) is 0 Å². The van der Waals surface area contributed by atoms with Crippen LogP contribution in [0.2, 0.25) is 0 Å². The van der Waals surface area contributed by atoms with Crippen LogP contribution in [0.5, 0.6) is 0 Å². The van der Waals surface area contributed by atoms with E-state index >= 15 is 0 Å². The van der Waals surface area contributed by atoms with E-state index in [9.17, 15) is 4.79 Å². The highest BCUT2D eigenvalue weighted by Crippen LogP contribution is 2.27. The largest absolute Gasteiger partial charge is 0.394 e. The van der Waals surface area contributed by atoms with E-state index in [1.54, 1.807) is 0 Å². The fourth-order valence-corrected chi connectivity index (χ4v) is 0.868. The lowest BCUT2D eigenvalue weighted by Gasteiger charge is -2.21. The quantitative estimate of drug-likeness (QED) is 0.428. The molecule has 1 fully saturated rings. The first-order valence-electron chi connectivity index (χ1n) is 2.70. The summed E-state index contributed by atoms with van der Waals surface area (Å²) in [4.78, 5) is 10.5. The number of rotatable bonds is 1. The molecule has 0 amide bonds. The van der Waals surface area contributed by atoms with Gasteiger partial charge < -0.3 is 4.18 Å². The molecule has 0 bridgehead atoms. The van der Waals surface area contributed by atoms with Gasteiger partial charge in [0.25, 0.3) is 0 Å². The first-order chi connectivity index (χ1) is 3.84. The number of hydrogen-bond donors (Lipinski definition) is 1. The summed E-state index contributed by atoms with van der Waals surface area (Å²) in [6.07, 6.45) is 3.13. The fourth-order valence-electron chi connectivity index (χ4n) is 0.718. The Hall–Kier alpha value is -0.180. The second kappa shape index (κ2) is 2.40. The summed E-state index contributed by atoms with van der Waals surface area (Å²) in [7, 11) is 0. The smallest absolute Gasteiger partial charge is 0.320 e. The van der Waals surface area contributed by atoms with Gasteiger partial charge >= 0.3 is 5.97 Å². The van der Waals surface area contributed by atoms with Gasteiger partial charge in [-0.15, -0.1) is 0 Å². The fraction of sp³-hybridized carbons (Fsp3) is 0.800. The van der Waals surface area contributed by atoms with Gasteiger partial charge in [-0.3, -0.25) is 4.79 Å². The van der Waals surface area contributed by atoms with Gasteiger partial charge in [0.2, 0.25) is 0 Å². The Morgan fingerprint density at radius 1 is 1.62 bits per heavy atom. The Kier molecular flexibility index (Phi) is 1.78. The highest BCUT2D eigenvalue weighted by atomic mass is 32.1. The minimum atomic E-state index is -0.167. The first kappa shape index (κ1) is 5.95. The van der Waals surface area contributed by atoms with Gasteiger partial charge in [-0.25, -0.2) is 0 Å². The highest BCUT2D eigenvalue weighted by Gasteiger charge is 2.25. The Morgan fingerprint density at radius 2 is 2.25 bits per heavy atom. The van der Waals surface area contributed by atoms with E-state index in [0.717, 1.165) is 19.3 Å². The summed E-state index contributed by atoms with van der Waals surface area (Å²) >= 11 is 3.39. The lowest BCUT2D eigenvalue weighted by Crippen LogP contribution is -2.21. The van der Waals surface area contributed by atoms with Crippen molar-refractivity contribution in [2.75, 3.05) is 0 Å². The number of carbonyl (C=O) groups excluding carboxylic acids is 1. The maximum absolute atomic E-state index is 10.5. The molecular formula is C5H8O2S. The predicted octanol–water partition coefficient (Wildman–Crippen LogP) is 1.17. The molecule has 1 aliphatic carbocycles. The zero-order valence-corrected chi connectivity index (χ0v) is 5.36. The average molecular weight is 132 g/mol. The Balaban J connectivity index is 2.24. The second-order valence-electron chi connectivity index (χ2n) is 2.04. The molecule has 0 unspecified atom stereocenters. The summed E-state index contributed by atoms with van der Waals surface area (Å²) in [5.41, 5.74) is 0. The third-order valence-electron chi connectivity index (χ3n) is 1.53. The molecule has 1 saturated carbocycles. The molecule has 2 nitrogen and oxygen atoms in total. The summed E-state index contributed by atoms with van der Waals surface area (Å²) < 4.78 is 4.21.